The highest BCUT2D eigenvalue weighted by molar-refractivity contribution is 7.98. The maximum absolute atomic E-state index is 6.00. The Bertz CT molecular complexity index is 536. The summed E-state index contributed by atoms with van der Waals surface area (Å²) in [6, 6.07) is 8.48. The molecule has 2 rings (SSSR count). The SMILES string of the molecule is Cc1ccc(SCc2noc(CC(N)C(C)C)n2)cc1. The van der Waals surface area contributed by atoms with Crippen LogP contribution in [0.15, 0.2) is 33.7 Å². The normalized spacial score (nSPS) is 12.8. The zero-order valence-corrected chi connectivity index (χ0v) is 13.0. The standard InChI is InChI=1S/C15H21N3OS/c1-10(2)13(16)8-15-17-14(18-19-15)9-20-12-6-4-11(3)5-7-12/h4-7,10,13H,8-9,16H2,1-3H3. The van der Waals surface area contributed by atoms with Gasteiger partial charge in [0.2, 0.25) is 5.89 Å². The van der Waals surface area contributed by atoms with Crippen molar-refractivity contribution in [3.63, 3.8) is 0 Å². The highest BCUT2D eigenvalue weighted by atomic mass is 32.2. The molecule has 0 radical (unpaired) electrons. The van der Waals surface area contributed by atoms with Crippen LogP contribution in [0.25, 0.3) is 0 Å². The van der Waals surface area contributed by atoms with Crippen LogP contribution in [0.3, 0.4) is 0 Å². The molecule has 1 aromatic heterocycles. The molecule has 1 heterocycles. The molecule has 1 unspecified atom stereocenters. The lowest BCUT2D eigenvalue weighted by molar-refractivity contribution is 0.350. The predicted molar refractivity (Wildman–Crippen MR) is 81.6 cm³/mol. The summed E-state index contributed by atoms with van der Waals surface area (Å²) in [5, 5.41) is 4.00. The van der Waals surface area contributed by atoms with Gasteiger partial charge in [0.15, 0.2) is 5.82 Å². The second kappa shape index (κ2) is 6.90. The van der Waals surface area contributed by atoms with Crippen LogP contribution in [-0.4, -0.2) is 16.2 Å². The van der Waals surface area contributed by atoms with Crippen molar-refractivity contribution < 1.29 is 4.52 Å². The molecule has 2 N–H and O–H groups in total. The molecule has 20 heavy (non-hydrogen) atoms. The van der Waals surface area contributed by atoms with Gasteiger partial charge in [0.1, 0.15) is 0 Å². The van der Waals surface area contributed by atoms with Crippen molar-refractivity contribution in [1.29, 1.82) is 0 Å². The van der Waals surface area contributed by atoms with Gasteiger partial charge in [-0.15, -0.1) is 11.8 Å². The minimum absolute atomic E-state index is 0.0630. The van der Waals surface area contributed by atoms with Crippen molar-refractivity contribution in [2.45, 2.75) is 43.9 Å². The van der Waals surface area contributed by atoms with Crippen LogP contribution in [0, 0.1) is 12.8 Å². The van der Waals surface area contributed by atoms with Crippen LogP contribution in [0.4, 0.5) is 0 Å². The molecule has 0 bridgehead atoms. The van der Waals surface area contributed by atoms with Crippen LogP contribution in [0.1, 0.15) is 31.1 Å². The van der Waals surface area contributed by atoms with Crippen LogP contribution < -0.4 is 5.73 Å². The van der Waals surface area contributed by atoms with Crippen molar-refractivity contribution in [3.05, 3.63) is 41.5 Å². The predicted octanol–water partition coefficient (Wildman–Crippen LogP) is 3.20. The number of aromatic nitrogens is 2. The molecule has 0 aliphatic rings. The number of thioether (sulfide) groups is 1. The number of nitrogens with two attached hydrogens (primary N) is 1. The van der Waals surface area contributed by atoms with Gasteiger partial charge in [0, 0.05) is 17.4 Å². The summed E-state index contributed by atoms with van der Waals surface area (Å²) in [6.45, 7) is 6.27. The smallest absolute Gasteiger partial charge is 0.228 e. The van der Waals surface area contributed by atoms with Crippen molar-refractivity contribution in [2.75, 3.05) is 0 Å². The zero-order chi connectivity index (χ0) is 14.5. The Morgan fingerprint density at radius 3 is 2.60 bits per heavy atom. The maximum atomic E-state index is 6.00. The molecule has 0 saturated carbocycles. The minimum atomic E-state index is 0.0630. The third-order valence-electron chi connectivity index (χ3n) is 3.17. The first-order valence-corrected chi connectivity index (χ1v) is 7.79. The third-order valence-corrected chi connectivity index (χ3v) is 4.17. The van der Waals surface area contributed by atoms with Crippen LogP contribution >= 0.6 is 11.8 Å². The van der Waals surface area contributed by atoms with E-state index in [1.54, 1.807) is 11.8 Å². The van der Waals surface area contributed by atoms with Crippen molar-refractivity contribution in [3.8, 4) is 0 Å². The summed E-state index contributed by atoms with van der Waals surface area (Å²) in [4.78, 5) is 5.60. The Morgan fingerprint density at radius 1 is 1.25 bits per heavy atom. The first kappa shape index (κ1) is 15.1. The molecule has 0 amide bonds. The molecular formula is C15H21N3OS. The highest BCUT2D eigenvalue weighted by Gasteiger charge is 2.14. The Balaban J connectivity index is 1.88. The maximum Gasteiger partial charge on any atom is 0.228 e. The third kappa shape index (κ3) is 4.35. The molecule has 108 valence electrons. The number of aryl methyl sites for hydroxylation is 1. The fraction of sp³-hybridized carbons (Fsp3) is 0.467. The molecule has 1 atom stereocenters. The van der Waals surface area contributed by atoms with Gasteiger partial charge in [0.05, 0.1) is 5.75 Å². The number of hydrogen-bond donors (Lipinski definition) is 1. The second-order valence-corrected chi connectivity index (χ2v) is 6.37. The van der Waals surface area contributed by atoms with Gasteiger partial charge in [-0.25, -0.2) is 0 Å². The molecule has 2 aromatic rings. The average molecular weight is 291 g/mol. The van der Waals surface area contributed by atoms with E-state index in [0.29, 0.717) is 24.0 Å². The van der Waals surface area contributed by atoms with E-state index in [1.165, 1.54) is 10.5 Å². The summed E-state index contributed by atoms with van der Waals surface area (Å²) in [5.74, 6) is 2.48. The van der Waals surface area contributed by atoms with E-state index in [-0.39, 0.29) is 6.04 Å². The van der Waals surface area contributed by atoms with E-state index >= 15 is 0 Å². The number of hydrogen-bond acceptors (Lipinski definition) is 5. The molecule has 0 aliphatic carbocycles. The summed E-state index contributed by atoms with van der Waals surface area (Å²) in [5.41, 5.74) is 7.27. The zero-order valence-electron chi connectivity index (χ0n) is 12.2. The number of nitrogens with zero attached hydrogens (tertiary/aromatic N) is 2. The Hall–Kier alpha value is -1.33. The van der Waals surface area contributed by atoms with E-state index in [2.05, 4.69) is 55.2 Å². The second-order valence-electron chi connectivity index (χ2n) is 5.32. The molecule has 0 fully saturated rings. The summed E-state index contributed by atoms with van der Waals surface area (Å²) >= 11 is 1.70. The number of benzene rings is 1. The number of rotatable bonds is 6. The van der Waals surface area contributed by atoms with Crippen LogP contribution in [0.5, 0.6) is 0 Å². The molecule has 0 aliphatic heterocycles. The van der Waals surface area contributed by atoms with E-state index in [9.17, 15) is 0 Å². The van der Waals surface area contributed by atoms with E-state index < -0.39 is 0 Å². The summed E-state index contributed by atoms with van der Waals surface area (Å²) in [7, 11) is 0. The molecular weight excluding hydrogens is 270 g/mol. The van der Waals surface area contributed by atoms with E-state index in [4.69, 9.17) is 10.3 Å². The largest absolute Gasteiger partial charge is 0.339 e. The average Bonchev–Trinajstić information content (AvgIpc) is 2.85. The lowest BCUT2D eigenvalue weighted by Crippen LogP contribution is -2.28. The fourth-order valence-corrected chi connectivity index (χ4v) is 2.39. The minimum Gasteiger partial charge on any atom is -0.339 e. The van der Waals surface area contributed by atoms with Crippen molar-refractivity contribution in [1.82, 2.24) is 10.1 Å². The van der Waals surface area contributed by atoms with Crippen molar-refractivity contribution >= 4 is 11.8 Å². The van der Waals surface area contributed by atoms with E-state index in [0.717, 1.165) is 5.82 Å². The van der Waals surface area contributed by atoms with Crippen LogP contribution in [-0.2, 0) is 12.2 Å². The monoisotopic (exact) mass is 291 g/mol. The quantitative estimate of drug-likeness (QED) is 0.828. The Kier molecular flexibility index (Phi) is 5.20. The van der Waals surface area contributed by atoms with Crippen molar-refractivity contribution in [2.24, 2.45) is 11.7 Å². The van der Waals surface area contributed by atoms with Gasteiger partial charge in [-0.3, -0.25) is 0 Å². The molecule has 0 spiro atoms. The van der Waals surface area contributed by atoms with Gasteiger partial charge in [-0.05, 0) is 25.0 Å². The molecule has 4 nitrogen and oxygen atoms in total. The summed E-state index contributed by atoms with van der Waals surface area (Å²) < 4.78 is 5.24. The van der Waals surface area contributed by atoms with Gasteiger partial charge in [-0.1, -0.05) is 36.7 Å². The highest BCUT2D eigenvalue weighted by Crippen LogP contribution is 2.22. The first-order chi connectivity index (χ1) is 9.54. The Labute approximate surface area is 124 Å². The lowest BCUT2D eigenvalue weighted by Gasteiger charge is -2.11. The summed E-state index contributed by atoms with van der Waals surface area (Å²) in [6.07, 6.45) is 0.639. The molecule has 0 saturated heterocycles. The Morgan fingerprint density at radius 2 is 1.95 bits per heavy atom. The van der Waals surface area contributed by atoms with Crippen LogP contribution in [0.2, 0.25) is 0 Å². The van der Waals surface area contributed by atoms with Gasteiger partial charge in [-0.2, -0.15) is 4.98 Å². The van der Waals surface area contributed by atoms with Gasteiger partial charge >= 0.3 is 0 Å². The molecule has 1 aromatic carbocycles. The topological polar surface area (TPSA) is 64.9 Å². The van der Waals surface area contributed by atoms with Gasteiger partial charge < -0.3 is 10.3 Å². The van der Waals surface area contributed by atoms with E-state index in [1.807, 2.05) is 0 Å². The fourth-order valence-electron chi connectivity index (χ4n) is 1.65. The first-order valence-electron chi connectivity index (χ1n) is 6.81. The lowest BCUT2D eigenvalue weighted by atomic mass is 10.0. The van der Waals surface area contributed by atoms with Gasteiger partial charge in [0.25, 0.3) is 0 Å². The molecule has 5 heteroatoms.